The van der Waals surface area contributed by atoms with Gasteiger partial charge in [-0.25, -0.2) is 4.98 Å². The lowest BCUT2D eigenvalue weighted by atomic mass is 10.0. The Labute approximate surface area is 202 Å². The maximum absolute atomic E-state index is 13.6. The fourth-order valence-electron chi connectivity index (χ4n) is 4.10. The number of hydrogen-bond donors (Lipinski definition) is 2. The van der Waals surface area contributed by atoms with Gasteiger partial charge in [-0.2, -0.15) is 13.2 Å². The van der Waals surface area contributed by atoms with Gasteiger partial charge in [-0.3, -0.25) is 4.79 Å². The minimum atomic E-state index is -4.42. The molecule has 6 nitrogen and oxygen atoms in total. The number of amides is 1. The Bertz CT molecular complexity index is 1200. The first-order valence-electron chi connectivity index (χ1n) is 11.3. The predicted octanol–water partition coefficient (Wildman–Crippen LogP) is 4.88. The number of carbonyl (C=O) groups is 1. The number of aromatic nitrogens is 1. The van der Waals surface area contributed by atoms with Crippen molar-refractivity contribution in [1.29, 1.82) is 0 Å². The zero-order valence-electron chi connectivity index (χ0n) is 19.6. The van der Waals surface area contributed by atoms with E-state index in [9.17, 15) is 18.0 Å². The van der Waals surface area contributed by atoms with Gasteiger partial charge < -0.3 is 20.3 Å². The summed E-state index contributed by atoms with van der Waals surface area (Å²) in [5.74, 6) is 0.446. The number of alkyl halides is 3. The minimum Gasteiger partial charge on any atom is -0.383 e. The van der Waals surface area contributed by atoms with Crippen LogP contribution in [0.25, 0.3) is 11.1 Å². The number of nitrogens with zero attached hydrogens (tertiary/aromatic N) is 2. The third-order valence-corrected chi connectivity index (χ3v) is 5.88. The van der Waals surface area contributed by atoms with Crippen molar-refractivity contribution in [3.8, 4) is 11.1 Å². The molecule has 4 rings (SSSR count). The molecule has 0 atom stereocenters. The number of nitrogens with one attached hydrogen (secondary N) is 2. The van der Waals surface area contributed by atoms with Crippen LogP contribution in [0.3, 0.4) is 0 Å². The zero-order valence-corrected chi connectivity index (χ0v) is 19.6. The Morgan fingerprint density at radius 3 is 2.63 bits per heavy atom. The van der Waals surface area contributed by atoms with Gasteiger partial charge in [0.2, 0.25) is 0 Å². The van der Waals surface area contributed by atoms with Crippen molar-refractivity contribution in [2.24, 2.45) is 0 Å². The summed E-state index contributed by atoms with van der Waals surface area (Å²) in [6.07, 6.45) is -2.70. The molecule has 1 amide bonds. The van der Waals surface area contributed by atoms with Gasteiger partial charge in [-0.05, 0) is 42.3 Å². The van der Waals surface area contributed by atoms with Crippen LogP contribution in [0.15, 0.2) is 54.7 Å². The average molecular weight is 485 g/mol. The van der Waals surface area contributed by atoms with Crippen molar-refractivity contribution in [2.45, 2.75) is 19.6 Å². The maximum atomic E-state index is 13.6. The summed E-state index contributed by atoms with van der Waals surface area (Å²) in [7, 11) is 1.57. The van der Waals surface area contributed by atoms with Crippen LogP contribution in [0.1, 0.15) is 27.0 Å². The van der Waals surface area contributed by atoms with Gasteiger partial charge >= 0.3 is 6.18 Å². The number of rotatable bonds is 7. The highest BCUT2D eigenvalue weighted by Crippen LogP contribution is 2.36. The van der Waals surface area contributed by atoms with Crippen LogP contribution in [0.4, 0.5) is 24.7 Å². The van der Waals surface area contributed by atoms with Crippen molar-refractivity contribution in [3.63, 3.8) is 0 Å². The van der Waals surface area contributed by atoms with Gasteiger partial charge in [0.25, 0.3) is 5.91 Å². The summed E-state index contributed by atoms with van der Waals surface area (Å²) < 4.78 is 45.8. The average Bonchev–Trinajstić information content (AvgIpc) is 2.83. The molecular formula is C26H27F3N4O2. The molecule has 2 heterocycles. The number of carbonyl (C=O) groups excluding carboxylic acids is 1. The first kappa shape index (κ1) is 24.5. The van der Waals surface area contributed by atoms with E-state index in [4.69, 9.17) is 4.74 Å². The van der Waals surface area contributed by atoms with E-state index in [2.05, 4.69) is 15.6 Å². The molecule has 0 saturated heterocycles. The number of ether oxygens (including phenoxy) is 1. The highest BCUT2D eigenvalue weighted by Gasteiger charge is 2.34. The molecule has 0 bridgehead atoms. The molecule has 184 valence electrons. The van der Waals surface area contributed by atoms with Crippen molar-refractivity contribution >= 4 is 17.4 Å². The maximum Gasteiger partial charge on any atom is 0.416 e. The smallest absolute Gasteiger partial charge is 0.383 e. The lowest BCUT2D eigenvalue weighted by Gasteiger charge is -2.32. The number of anilines is 2. The Morgan fingerprint density at radius 1 is 1.14 bits per heavy atom. The lowest BCUT2D eigenvalue weighted by molar-refractivity contribution is -0.138. The van der Waals surface area contributed by atoms with Gasteiger partial charge in [0.15, 0.2) is 0 Å². The minimum absolute atomic E-state index is 0.122. The van der Waals surface area contributed by atoms with Crippen LogP contribution in [0.2, 0.25) is 0 Å². The second-order valence-corrected chi connectivity index (χ2v) is 8.42. The molecule has 0 fully saturated rings. The van der Waals surface area contributed by atoms with Crippen LogP contribution in [-0.2, 0) is 17.5 Å². The lowest BCUT2D eigenvalue weighted by Crippen LogP contribution is -2.34. The molecular weight excluding hydrogens is 457 g/mol. The molecule has 0 radical (unpaired) electrons. The second-order valence-electron chi connectivity index (χ2n) is 8.42. The Morgan fingerprint density at radius 2 is 1.91 bits per heavy atom. The van der Waals surface area contributed by atoms with Crippen molar-refractivity contribution in [3.05, 3.63) is 77.0 Å². The number of methoxy groups -OCH3 is 1. The highest BCUT2D eigenvalue weighted by molar-refractivity contribution is 5.94. The zero-order chi connectivity index (χ0) is 25.0. The monoisotopic (exact) mass is 484 g/mol. The predicted molar refractivity (Wildman–Crippen MR) is 130 cm³/mol. The Kier molecular flexibility index (Phi) is 7.25. The molecule has 1 aromatic heterocycles. The molecule has 9 heteroatoms. The SMILES string of the molecule is COCCNC(=O)c1ccc(-c2cnc3c(c2)N(Cc2cc(C)ccc2C(F)(F)F)CCN3)cc1. The molecule has 1 aliphatic heterocycles. The number of pyridine rings is 1. The van der Waals surface area contributed by atoms with E-state index in [1.807, 2.05) is 23.1 Å². The van der Waals surface area contributed by atoms with E-state index in [1.54, 1.807) is 38.4 Å². The molecule has 0 unspecified atom stereocenters. The van der Waals surface area contributed by atoms with Gasteiger partial charge in [-0.15, -0.1) is 0 Å². The topological polar surface area (TPSA) is 66.5 Å². The third kappa shape index (κ3) is 5.74. The van der Waals surface area contributed by atoms with Gasteiger partial charge in [0.1, 0.15) is 5.82 Å². The molecule has 0 saturated carbocycles. The van der Waals surface area contributed by atoms with Crippen molar-refractivity contribution < 1.29 is 22.7 Å². The van der Waals surface area contributed by atoms with E-state index in [0.29, 0.717) is 37.6 Å². The molecule has 2 N–H and O–H groups in total. The highest BCUT2D eigenvalue weighted by atomic mass is 19.4. The summed E-state index contributed by atoms with van der Waals surface area (Å²) in [5.41, 5.74) is 3.32. The fourth-order valence-corrected chi connectivity index (χ4v) is 4.10. The second kappa shape index (κ2) is 10.4. The molecule has 3 aromatic rings. The van der Waals surface area contributed by atoms with Gasteiger partial charge in [0.05, 0.1) is 17.9 Å². The number of fused-ring (bicyclic) bond motifs is 1. The molecule has 0 aliphatic carbocycles. The molecule has 1 aliphatic rings. The summed E-state index contributed by atoms with van der Waals surface area (Å²) >= 11 is 0. The van der Waals surface area contributed by atoms with E-state index < -0.39 is 11.7 Å². The van der Waals surface area contributed by atoms with Crippen LogP contribution < -0.4 is 15.5 Å². The first-order valence-corrected chi connectivity index (χ1v) is 11.3. The molecule has 35 heavy (non-hydrogen) atoms. The van der Waals surface area contributed by atoms with E-state index in [0.717, 1.165) is 28.4 Å². The van der Waals surface area contributed by atoms with E-state index in [-0.39, 0.29) is 18.0 Å². The quantitative estimate of drug-likeness (QED) is 0.468. The summed E-state index contributed by atoms with van der Waals surface area (Å²) in [6.45, 7) is 3.89. The summed E-state index contributed by atoms with van der Waals surface area (Å²) in [5, 5.41) is 6.00. The van der Waals surface area contributed by atoms with Crippen molar-refractivity contribution in [1.82, 2.24) is 10.3 Å². The van der Waals surface area contributed by atoms with Gasteiger partial charge in [-0.1, -0.05) is 29.8 Å². The Balaban J connectivity index is 1.59. The number of halogens is 3. The van der Waals surface area contributed by atoms with Gasteiger partial charge in [0, 0.05) is 50.6 Å². The largest absolute Gasteiger partial charge is 0.416 e. The number of benzene rings is 2. The van der Waals surface area contributed by atoms with Crippen LogP contribution >= 0.6 is 0 Å². The summed E-state index contributed by atoms with van der Waals surface area (Å²) in [4.78, 5) is 18.7. The van der Waals surface area contributed by atoms with Crippen LogP contribution in [0, 0.1) is 6.92 Å². The first-order chi connectivity index (χ1) is 16.8. The summed E-state index contributed by atoms with van der Waals surface area (Å²) in [6, 6.07) is 13.3. The Hall–Kier alpha value is -3.59. The van der Waals surface area contributed by atoms with E-state index >= 15 is 0 Å². The molecule has 0 spiro atoms. The van der Waals surface area contributed by atoms with E-state index in [1.165, 1.54) is 6.07 Å². The standard InChI is InChI=1S/C26H27F3N4O2/c1-17-3-8-22(26(27,28)29)21(13-17)16-33-11-9-30-24-23(33)14-20(15-32-24)18-4-6-19(7-5-18)25(34)31-10-12-35-2/h3-8,13-15H,9-12,16H2,1-2H3,(H,30,32)(H,31,34). The van der Waals surface area contributed by atoms with Crippen LogP contribution in [-0.4, -0.2) is 44.2 Å². The normalized spacial score (nSPS) is 13.2. The number of hydrogen-bond acceptors (Lipinski definition) is 5. The van der Waals surface area contributed by atoms with Crippen molar-refractivity contribution in [2.75, 3.05) is 43.6 Å². The number of aryl methyl sites for hydroxylation is 1. The van der Waals surface area contributed by atoms with Crippen LogP contribution in [0.5, 0.6) is 0 Å². The molecule has 2 aromatic carbocycles. The fraction of sp³-hybridized carbons (Fsp3) is 0.308. The third-order valence-electron chi connectivity index (χ3n) is 5.88.